The summed E-state index contributed by atoms with van der Waals surface area (Å²) in [6.45, 7) is 9.10. The van der Waals surface area contributed by atoms with Crippen LogP contribution in [0.5, 0.6) is 0 Å². The molecule has 0 N–H and O–H groups in total. The van der Waals surface area contributed by atoms with Crippen LogP contribution in [0.3, 0.4) is 0 Å². The number of hydrogen-bond acceptors (Lipinski definition) is 0. The summed E-state index contributed by atoms with van der Waals surface area (Å²) >= 11 is -3.95. The average Bonchev–Trinajstić information content (AvgIpc) is 3.47. The zero-order valence-corrected chi connectivity index (χ0v) is 28.0. The molecule has 0 amide bonds. The molecular formula is C34H34Cl2SiZr. The van der Waals surface area contributed by atoms with Crippen LogP contribution in [0, 0.1) is 6.92 Å². The van der Waals surface area contributed by atoms with Crippen molar-refractivity contribution in [3.05, 3.63) is 107 Å². The maximum atomic E-state index is 7.84. The summed E-state index contributed by atoms with van der Waals surface area (Å²) < 4.78 is 1.45. The molecule has 1 aliphatic heterocycles. The molecule has 38 heavy (non-hydrogen) atoms. The van der Waals surface area contributed by atoms with Crippen LogP contribution in [0.4, 0.5) is 0 Å². The Balaban J connectivity index is 1.56. The third-order valence-corrected chi connectivity index (χ3v) is 22.8. The molecular weight excluding hydrogens is 599 g/mol. The SMILES string of the molecule is CCCC1=Cc2c(ccc(C(C)C)c2-c2ccccc2C)[CH]1[Zr]([Cl])([Cl])[c]1cccc2c1[SiH2]c1ccccc1-2. The van der Waals surface area contributed by atoms with E-state index in [1.54, 1.807) is 0 Å². The molecule has 0 bridgehead atoms. The molecule has 4 aromatic carbocycles. The van der Waals surface area contributed by atoms with E-state index in [0.29, 0.717) is 5.92 Å². The van der Waals surface area contributed by atoms with E-state index >= 15 is 0 Å². The Morgan fingerprint density at radius 1 is 0.842 bits per heavy atom. The molecule has 0 fully saturated rings. The maximum absolute atomic E-state index is 7.84. The fourth-order valence-corrected chi connectivity index (χ4v) is 23.6. The summed E-state index contributed by atoms with van der Waals surface area (Å²) in [5, 5.41) is 3.02. The van der Waals surface area contributed by atoms with Gasteiger partial charge >= 0.3 is 243 Å². The average molecular weight is 633 g/mol. The van der Waals surface area contributed by atoms with Crippen LogP contribution in [0.15, 0.2) is 84.4 Å². The number of rotatable bonds is 6. The van der Waals surface area contributed by atoms with Crippen molar-refractivity contribution >= 4 is 46.3 Å². The molecule has 4 aromatic rings. The van der Waals surface area contributed by atoms with Crippen molar-refractivity contribution in [1.29, 1.82) is 0 Å². The zero-order valence-electron chi connectivity index (χ0n) is 22.6. The molecule has 0 saturated heterocycles. The van der Waals surface area contributed by atoms with Gasteiger partial charge in [0.1, 0.15) is 0 Å². The van der Waals surface area contributed by atoms with Gasteiger partial charge in [-0.25, -0.2) is 0 Å². The van der Waals surface area contributed by atoms with E-state index in [-0.39, 0.29) is 3.63 Å². The van der Waals surface area contributed by atoms with Crippen LogP contribution < -0.4 is 13.6 Å². The van der Waals surface area contributed by atoms with Crippen molar-refractivity contribution in [1.82, 2.24) is 0 Å². The van der Waals surface area contributed by atoms with Crippen molar-refractivity contribution in [2.24, 2.45) is 0 Å². The van der Waals surface area contributed by atoms with E-state index in [4.69, 9.17) is 17.0 Å². The van der Waals surface area contributed by atoms with Gasteiger partial charge < -0.3 is 0 Å². The quantitative estimate of drug-likeness (QED) is 0.167. The van der Waals surface area contributed by atoms with Gasteiger partial charge in [-0.05, 0) is 0 Å². The molecule has 192 valence electrons. The summed E-state index contributed by atoms with van der Waals surface area (Å²) in [7, 11) is 15.1. The molecule has 1 aliphatic carbocycles. The number of benzene rings is 4. The van der Waals surface area contributed by atoms with E-state index < -0.39 is 27.4 Å². The molecule has 0 nitrogen and oxygen atoms in total. The molecule has 0 saturated carbocycles. The minimum atomic E-state index is -3.95. The summed E-state index contributed by atoms with van der Waals surface area (Å²) in [6.07, 6.45) is 4.60. The predicted molar refractivity (Wildman–Crippen MR) is 167 cm³/mol. The second-order valence-electron chi connectivity index (χ2n) is 11.2. The van der Waals surface area contributed by atoms with Crippen molar-refractivity contribution in [2.45, 2.75) is 50.1 Å². The van der Waals surface area contributed by atoms with Crippen LogP contribution in [-0.2, 0) is 17.9 Å². The first-order valence-electron chi connectivity index (χ1n) is 13.8. The van der Waals surface area contributed by atoms with Crippen molar-refractivity contribution in [3.8, 4) is 22.3 Å². The summed E-state index contributed by atoms with van der Waals surface area (Å²) in [5.74, 6) is 0.430. The van der Waals surface area contributed by atoms with E-state index in [0.717, 1.165) is 12.8 Å². The standard InChI is InChI=1S/C22H25.C12H9Si.2ClH.Zr/c1-5-8-17-13-18-11-12-19(15(2)3)22(21(18)14-17)20-10-7-6-9-16(20)4;1-3-7-11-9(5-1)10-6-2-4-8-12(10)13-11;;;/h6-7,9-15H,5,8H2,1-4H3;1-7H,13H2;2*1H;/q;;;;+2/p-2. The Morgan fingerprint density at radius 2 is 1.55 bits per heavy atom. The Hall–Kier alpha value is -1.70. The summed E-state index contributed by atoms with van der Waals surface area (Å²) in [6, 6.07) is 29.2. The molecule has 0 spiro atoms. The Bertz CT molecular complexity index is 1580. The molecule has 1 unspecified atom stereocenters. The molecule has 1 atom stereocenters. The van der Waals surface area contributed by atoms with E-state index in [1.807, 2.05) is 0 Å². The topological polar surface area (TPSA) is 0 Å². The van der Waals surface area contributed by atoms with Crippen LogP contribution >= 0.6 is 17.0 Å². The van der Waals surface area contributed by atoms with Gasteiger partial charge in [0.05, 0.1) is 0 Å². The fraction of sp³-hybridized carbons (Fsp3) is 0.235. The van der Waals surface area contributed by atoms with Crippen LogP contribution in [0.1, 0.15) is 65.4 Å². The molecule has 1 heterocycles. The van der Waals surface area contributed by atoms with Crippen molar-refractivity contribution in [3.63, 3.8) is 0 Å². The number of halogens is 2. The monoisotopic (exact) mass is 630 g/mol. The van der Waals surface area contributed by atoms with E-state index in [2.05, 4.69) is 113 Å². The van der Waals surface area contributed by atoms with Crippen LogP contribution in [0.2, 0.25) is 0 Å². The third kappa shape index (κ3) is 4.28. The van der Waals surface area contributed by atoms with Gasteiger partial charge in [-0.2, -0.15) is 0 Å². The first-order chi connectivity index (χ1) is 18.3. The fourth-order valence-electron chi connectivity index (χ4n) is 6.72. The van der Waals surface area contributed by atoms with Crippen molar-refractivity contribution < 1.29 is 17.9 Å². The first kappa shape index (κ1) is 26.5. The van der Waals surface area contributed by atoms with E-state index in [9.17, 15) is 0 Å². The predicted octanol–water partition coefficient (Wildman–Crippen LogP) is 7.91. The first-order valence-corrected chi connectivity index (χ1v) is 24.2. The second kappa shape index (κ2) is 10.4. The zero-order chi connectivity index (χ0) is 26.6. The minimum absolute atomic E-state index is 0.135. The summed E-state index contributed by atoms with van der Waals surface area (Å²) in [4.78, 5) is 0. The normalized spacial score (nSPS) is 16.5. The van der Waals surface area contributed by atoms with Gasteiger partial charge in [0.15, 0.2) is 0 Å². The number of allylic oxidation sites excluding steroid dienone is 1. The summed E-state index contributed by atoms with van der Waals surface area (Å²) in [5.41, 5.74) is 12.3. The van der Waals surface area contributed by atoms with Crippen LogP contribution in [0.25, 0.3) is 28.3 Å². The third-order valence-electron chi connectivity index (χ3n) is 8.47. The second-order valence-corrected chi connectivity index (χ2v) is 27.0. The Labute approximate surface area is 241 Å². The molecule has 4 heteroatoms. The number of hydrogen-bond donors (Lipinski definition) is 0. The molecule has 2 aliphatic rings. The van der Waals surface area contributed by atoms with Crippen molar-refractivity contribution in [2.75, 3.05) is 0 Å². The van der Waals surface area contributed by atoms with Gasteiger partial charge in [-0.3, -0.25) is 0 Å². The van der Waals surface area contributed by atoms with Gasteiger partial charge in [0, 0.05) is 0 Å². The number of aryl methyl sites for hydroxylation is 1. The molecule has 6 rings (SSSR count). The van der Waals surface area contributed by atoms with Gasteiger partial charge in [-0.15, -0.1) is 0 Å². The molecule has 0 radical (unpaired) electrons. The van der Waals surface area contributed by atoms with Gasteiger partial charge in [0.2, 0.25) is 0 Å². The van der Waals surface area contributed by atoms with Gasteiger partial charge in [0.25, 0.3) is 0 Å². The Morgan fingerprint density at radius 3 is 2.29 bits per heavy atom. The van der Waals surface area contributed by atoms with E-state index in [1.165, 1.54) is 63.7 Å². The van der Waals surface area contributed by atoms with Gasteiger partial charge in [-0.1, -0.05) is 0 Å². The molecule has 0 aromatic heterocycles. The Kier molecular flexibility index (Phi) is 7.23. The van der Waals surface area contributed by atoms with Crippen LogP contribution in [-0.4, -0.2) is 9.52 Å². The number of fused-ring (bicyclic) bond motifs is 4.